The lowest BCUT2D eigenvalue weighted by atomic mass is 9.71. The first kappa shape index (κ1) is 28.2. The van der Waals surface area contributed by atoms with Crippen LogP contribution in [0.15, 0.2) is 67.5 Å². The third-order valence-electron chi connectivity index (χ3n) is 7.44. The van der Waals surface area contributed by atoms with Crippen molar-refractivity contribution in [2.24, 2.45) is 5.73 Å². The maximum atomic E-state index is 14.9. The second-order valence-electron chi connectivity index (χ2n) is 9.85. The van der Waals surface area contributed by atoms with E-state index in [1.807, 2.05) is 24.3 Å². The first-order chi connectivity index (χ1) is 20.2. The fourth-order valence-electron chi connectivity index (χ4n) is 5.54. The van der Waals surface area contributed by atoms with Gasteiger partial charge in [-0.1, -0.05) is 36.9 Å². The highest BCUT2D eigenvalue weighted by atomic mass is 16.5. The van der Waals surface area contributed by atoms with E-state index >= 15 is 0 Å². The number of amides is 1. The van der Waals surface area contributed by atoms with Gasteiger partial charge in [-0.2, -0.15) is 4.98 Å². The number of methoxy groups -OCH3 is 2. The van der Waals surface area contributed by atoms with E-state index in [9.17, 15) is 9.59 Å². The molecule has 11 nitrogen and oxygen atoms in total. The van der Waals surface area contributed by atoms with E-state index in [1.165, 1.54) is 20.4 Å². The number of nitrogen functional groups attached to an aromatic ring is 2. The van der Waals surface area contributed by atoms with Crippen molar-refractivity contribution in [3.8, 4) is 11.5 Å². The minimum absolute atomic E-state index is 0.0139. The van der Waals surface area contributed by atoms with Crippen molar-refractivity contribution in [3.63, 3.8) is 0 Å². The number of Topliss-reactive ketones (excluding diaryl/α,β-unsaturated/α-hetero) is 1. The molecule has 42 heavy (non-hydrogen) atoms. The minimum Gasteiger partial charge on any atom is -0.493 e. The summed E-state index contributed by atoms with van der Waals surface area (Å²) in [5.41, 5.74) is 19.9. The van der Waals surface area contributed by atoms with Gasteiger partial charge in [0.15, 0.2) is 17.3 Å². The maximum absolute atomic E-state index is 14.9. The van der Waals surface area contributed by atoms with Gasteiger partial charge >= 0.3 is 0 Å². The first-order valence-corrected chi connectivity index (χ1v) is 13.2. The zero-order chi connectivity index (χ0) is 30.0. The van der Waals surface area contributed by atoms with Crippen molar-refractivity contribution in [1.82, 2.24) is 20.3 Å². The lowest BCUT2D eigenvalue weighted by Crippen LogP contribution is -2.55. The van der Waals surface area contributed by atoms with E-state index in [1.54, 1.807) is 30.5 Å². The Morgan fingerprint density at radius 3 is 2.52 bits per heavy atom. The molecule has 0 radical (unpaired) electrons. The molecule has 0 bridgehead atoms. The van der Waals surface area contributed by atoms with Gasteiger partial charge in [-0.25, -0.2) is 4.98 Å². The fraction of sp³-hybridized carbons (Fsp3) is 0.194. The highest BCUT2D eigenvalue weighted by molar-refractivity contribution is 6.27. The van der Waals surface area contributed by atoms with Crippen molar-refractivity contribution < 1.29 is 19.1 Å². The molecule has 214 valence electrons. The number of ketones is 1. The Morgan fingerprint density at radius 2 is 1.81 bits per heavy atom. The zero-order valence-corrected chi connectivity index (χ0v) is 23.3. The fourth-order valence-corrected chi connectivity index (χ4v) is 5.54. The summed E-state index contributed by atoms with van der Waals surface area (Å²) in [4.78, 5) is 39.8. The van der Waals surface area contributed by atoms with Crippen molar-refractivity contribution >= 4 is 29.0 Å². The molecule has 0 spiro atoms. The van der Waals surface area contributed by atoms with E-state index in [0.717, 1.165) is 11.1 Å². The van der Waals surface area contributed by atoms with Crippen LogP contribution in [0, 0.1) is 0 Å². The number of nitrogens with two attached hydrogens (primary N) is 3. The van der Waals surface area contributed by atoms with Gasteiger partial charge < -0.3 is 26.7 Å². The van der Waals surface area contributed by atoms with Gasteiger partial charge in [0, 0.05) is 47.6 Å². The van der Waals surface area contributed by atoms with E-state index < -0.39 is 17.2 Å². The predicted octanol–water partition coefficient (Wildman–Crippen LogP) is 2.41. The molecule has 11 heteroatoms. The smallest absolute Gasteiger partial charge is 0.267 e. The standard InChI is InChI=1S/C31H31N7O4/c1-17(21-14-18(15-24(41-2)26(21)42-3)13-20-16-36-30(34)38-28(20)32)27(39)31(23-9-6-11-35-25(23)29(33)40)22-8-5-4-7-19(22)10-12-37-31/h4-9,11,14-16,37H,1,10,12-13H2,2-3H3,(H2,33,40)(H4,32,34,36,38). The van der Waals surface area contributed by atoms with E-state index in [2.05, 4.69) is 26.8 Å². The number of anilines is 2. The molecule has 1 aliphatic heterocycles. The van der Waals surface area contributed by atoms with Crippen molar-refractivity contribution in [2.45, 2.75) is 18.4 Å². The first-order valence-electron chi connectivity index (χ1n) is 13.2. The largest absolute Gasteiger partial charge is 0.493 e. The van der Waals surface area contributed by atoms with Crippen LogP contribution in [-0.2, 0) is 23.2 Å². The molecule has 2 aromatic carbocycles. The van der Waals surface area contributed by atoms with Gasteiger partial charge in [0.05, 0.1) is 14.2 Å². The summed E-state index contributed by atoms with van der Waals surface area (Å²) in [6.45, 7) is 4.71. The van der Waals surface area contributed by atoms with E-state index in [-0.39, 0.29) is 23.0 Å². The van der Waals surface area contributed by atoms with Gasteiger partial charge in [0.2, 0.25) is 5.95 Å². The Balaban J connectivity index is 1.70. The zero-order valence-electron chi connectivity index (χ0n) is 23.3. The van der Waals surface area contributed by atoms with Crippen LogP contribution in [0.25, 0.3) is 5.57 Å². The summed E-state index contributed by atoms with van der Waals surface area (Å²) in [7, 11) is 2.99. The van der Waals surface area contributed by atoms with Crippen molar-refractivity contribution in [3.05, 3.63) is 107 Å². The summed E-state index contributed by atoms with van der Waals surface area (Å²) in [5.74, 6) is -0.137. The molecule has 0 aliphatic carbocycles. The molecule has 1 amide bonds. The maximum Gasteiger partial charge on any atom is 0.267 e. The SMILES string of the molecule is C=C(C(=O)C1(c2cccnc2C(N)=O)NCCc2ccccc21)c1cc(Cc2cnc(N)nc2N)cc(OC)c1OC. The number of rotatable bonds is 9. The summed E-state index contributed by atoms with van der Waals surface area (Å²) in [6, 6.07) is 14.5. The number of nitrogens with zero attached hydrogens (tertiary/aromatic N) is 3. The third-order valence-corrected chi connectivity index (χ3v) is 7.44. The molecule has 3 heterocycles. The van der Waals surface area contributed by atoms with Crippen LogP contribution >= 0.6 is 0 Å². The number of hydrogen-bond acceptors (Lipinski definition) is 10. The number of fused-ring (bicyclic) bond motifs is 1. The normalized spacial score (nSPS) is 15.9. The average Bonchev–Trinajstić information content (AvgIpc) is 3.00. The van der Waals surface area contributed by atoms with E-state index in [4.69, 9.17) is 26.7 Å². The number of ether oxygens (including phenoxy) is 2. The molecule has 0 saturated carbocycles. The number of pyridine rings is 1. The second-order valence-corrected chi connectivity index (χ2v) is 9.85. The molecule has 1 unspecified atom stereocenters. The van der Waals surface area contributed by atoms with Crippen molar-refractivity contribution in [1.29, 1.82) is 0 Å². The van der Waals surface area contributed by atoms with Crippen LogP contribution < -0.4 is 32.0 Å². The number of carbonyl (C=O) groups excluding carboxylic acids is 2. The topological polar surface area (TPSA) is 181 Å². The molecular weight excluding hydrogens is 534 g/mol. The minimum atomic E-state index is -1.51. The number of carbonyl (C=O) groups is 2. The lowest BCUT2D eigenvalue weighted by molar-refractivity contribution is -0.118. The van der Waals surface area contributed by atoms with Gasteiger partial charge in [-0.3, -0.25) is 19.9 Å². The van der Waals surface area contributed by atoms with Crippen LogP contribution in [0.2, 0.25) is 0 Å². The molecular formula is C31H31N7O4. The predicted molar refractivity (Wildman–Crippen MR) is 159 cm³/mol. The number of primary amides is 1. The molecule has 7 N–H and O–H groups in total. The molecule has 1 atom stereocenters. The van der Waals surface area contributed by atoms with Crippen molar-refractivity contribution in [2.75, 3.05) is 32.2 Å². The Morgan fingerprint density at radius 1 is 1.05 bits per heavy atom. The Bertz CT molecular complexity index is 1720. The number of benzene rings is 2. The Hall–Kier alpha value is -5.29. The molecule has 2 aromatic heterocycles. The molecule has 0 saturated heterocycles. The lowest BCUT2D eigenvalue weighted by Gasteiger charge is -2.40. The van der Waals surface area contributed by atoms with Crippen LogP contribution in [-0.4, -0.2) is 47.4 Å². The Labute approximate surface area is 242 Å². The number of hydrogen-bond donors (Lipinski definition) is 4. The summed E-state index contributed by atoms with van der Waals surface area (Å²) >= 11 is 0. The average molecular weight is 566 g/mol. The molecule has 0 fully saturated rings. The Kier molecular flexibility index (Phi) is 7.60. The molecule has 5 rings (SSSR count). The monoisotopic (exact) mass is 565 g/mol. The summed E-state index contributed by atoms with van der Waals surface area (Å²) in [5, 5.41) is 3.41. The van der Waals surface area contributed by atoms with Crippen LogP contribution in [0.3, 0.4) is 0 Å². The summed E-state index contributed by atoms with van der Waals surface area (Å²) < 4.78 is 11.4. The van der Waals surface area contributed by atoms with Crippen LogP contribution in [0.5, 0.6) is 11.5 Å². The quantitative estimate of drug-likeness (QED) is 0.220. The number of nitrogens with one attached hydrogen (secondary N) is 1. The van der Waals surface area contributed by atoms with Crippen LogP contribution in [0.4, 0.5) is 11.8 Å². The highest BCUT2D eigenvalue weighted by Gasteiger charge is 2.48. The third kappa shape index (κ3) is 4.79. The van der Waals surface area contributed by atoms with Crippen LogP contribution in [0.1, 0.15) is 43.9 Å². The molecule has 1 aliphatic rings. The van der Waals surface area contributed by atoms with E-state index in [0.29, 0.717) is 53.1 Å². The van der Waals surface area contributed by atoms with Gasteiger partial charge in [-0.15, -0.1) is 0 Å². The van der Waals surface area contributed by atoms with Gasteiger partial charge in [0.1, 0.15) is 17.1 Å². The second kappa shape index (κ2) is 11.3. The molecule has 4 aromatic rings. The number of aromatic nitrogens is 3. The summed E-state index contributed by atoms with van der Waals surface area (Å²) in [6.07, 6.45) is 4.03. The van der Waals surface area contributed by atoms with Gasteiger partial charge in [0.25, 0.3) is 5.91 Å². The highest BCUT2D eigenvalue weighted by Crippen LogP contribution is 2.44. The van der Waals surface area contributed by atoms with Gasteiger partial charge in [-0.05, 0) is 41.3 Å².